The molecule has 7 nitrogen and oxygen atoms in total. The highest BCUT2D eigenvalue weighted by Gasteiger charge is 2.19. The zero-order valence-corrected chi connectivity index (χ0v) is 19.3. The third-order valence-corrected chi connectivity index (χ3v) is 6.40. The Morgan fingerprint density at radius 1 is 1.06 bits per heavy atom. The van der Waals surface area contributed by atoms with Gasteiger partial charge in [-0.05, 0) is 53.6 Å². The summed E-state index contributed by atoms with van der Waals surface area (Å²) in [6.07, 6.45) is 4.70. The Bertz CT molecular complexity index is 1480. The lowest BCUT2D eigenvalue weighted by atomic mass is 10.1. The van der Waals surface area contributed by atoms with Crippen LogP contribution in [-0.2, 0) is 16.4 Å². The number of fused-ring (bicyclic) bond motifs is 1. The van der Waals surface area contributed by atoms with E-state index in [2.05, 4.69) is 15.5 Å². The van der Waals surface area contributed by atoms with Crippen molar-refractivity contribution in [1.29, 1.82) is 0 Å². The van der Waals surface area contributed by atoms with Crippen LogP contribution in [0, 0.1) is 5.82 Å². The summed E-state index contributed by atoms with van der Waals surface area (Å²) in [6.45, 7) is 0.215. The molecule has 0 atom stereocenters. The number of nitrogens with zero attached hydrogens (tertiary/aromatic N) is 1. The van der Waals surface area contributed by atoms with Gasteiger partial charge in [-0.25, -0.2) is 12.8 Å². The number of carbonyl (C=O) groups is 1. The van der Waals surface area contributed by atoms with E-state index in [9.17, 15) is 17.6 Å². The molecule has 34 heavy (non-hydrogen) atoms. The van der Waals surface area contributed by atoms with Gasteiger partial charge in [0.2, 0.25) is 0 Å². The van der Waals surface area contributed by atoms with Gasteiger partial charge < -0.3 is 10.1 Å². The minimum Gasteiger partial charge on any atom is -0.495 e. The lowest BCUT2D eigenvalue weighted by molar-refractivity contribution is 0.0948. The molecule has 0 fully saturated rings. The van der Waals surface area contributed by atoms with Gasteiger partial charge in [0.25, 0.3) is 5.91 Å². The average molecular weight is 480 g/mol. The van der Waals surface area contributed by atoms with Crippen LogP contribution in [0.3, 0.4) is 0 Å². The van der Waals surface area contributed by atoms with E-state index in [1.54, 1.807) is 48.6 Å². The fourth-order valence-corrected chi connectivity index (χ4v) is 4.13. The van der Waals surface area contributed by atoms with Crippen molar-refractivity contribution in [1.82, 2.24) is 15.5 Å². The van der Waals surface area contributed by atoms with Gasteiger partial charge in [-0.3, -0.25) is 9.89 Å². The predicted octanol–water partition coefficient (Wildman–Crippen LogP) is 4.21. The zero-order chi connectivity index (χ0) is 24.3. The second kappa shape index (κ2) is 9.48. The van der Waals surface area contributed by atoms with E-state index in [4.69, 9.17) is 4.74 Å². The second-order valence-corrected chi connectivity index (χ2v) is 9.68. The van der Waals surface area contributed by atoms with E-state index >= 15 is 0 Å². The molecule has 0 aliphatic carbocycles. The van der Waals surface area contributed by atoms with Gasteiger partial charge in [0.15, 0.2) is 9.84 Å². The number of amides is 1. The van der Waals surface area contributed by atoms with Crippen molar-refractivity contribution in [3.63, 3.8) is 0 Å². The lowest BCUT2D eigenvalue weighted by Crippen LogP contribution is -2.23. The number of ether oxygens (including phenoxy) is 1. The first-order valence-corrected chi connectivity index (χ1v) is 12.2. The van der Waals surface area contributed by atoms with Crippen LogP contribution in [0.15, 0.2) is 65.6 Å². The third kappa shape index (κ3) is 4.99. The monoisotopic (exact) mass is 479 g/mol. The van der Waals surface area contributed by atoms with Gasteiger partial charge in [0.05, 0.1) is 34.2 Å². The number of halogens is 1. The van der Waals surface area contributed by atoms with E-state index in [0.29, 0.717) is 27.9 Å². The maximum atomic E-state index is 13.1. The Kier molecular flexibility index (Phi) is 6.47. The predicted molar refractivity (Wildman–Crippen MR) is 129 cm³/mol. The quantitative estimate of drug-likeness (QED) is 0.413. The van der Waals surface area contributed by atoms with E-state index in [1.165, 1.54) is 31.4 Å². The Morgan fingerprint density at radius 2 is 1.76 bits per heavy atom. The molecule has 0 saturated heterocycles. The van der Waals surface area contributed by atoms with Crippen molar-refractivity contribution in [3.8, 4) is 5.75 Å². The molecule has 9 heteroatoms. The molecule has 0 spiro atoms. The molecule has 4 aromatic rings. The van der Waals surface area contributed by atoms with Crippen molar-refractivity contribution < 1.29 is 22.3 Å². The minimum atomic E-state index is -3.28. The summed E-state index contributed by atoms with van der Waals surface area (Å²) in [5.74, 6) is -0.290. The van der Waals surface area contributed by atoms with Crippen LogP contribution in [0.5, 0.6) is 5.75 Å². The smallest absolute Gasteiger partial charge is 0.255 e. The van der Waals surface area contributed by atoms with Crippen LogP contribution in [-0.4, -0.2) is 37.9 Å². The molecule has 174 valence electrons. The number of nitrogens with one attached hydrogen (secondary N) is 2. The molecule has 4 rings (SSSR count). The summed E-state index contributed by atoms with van der Waals surface area (Å²) < 4.78 is 41.9. The SMILES string of the molecule is COc1c(C(=O)NCc2ccc(S(C)(=O)=O)cc2)ccc2[nH]nc(C=Cc3ccc(F)cc3)c12. The van der Waals surface area contributed by atoms with Crippen molar-refractivity contribution in [2.75, 3.05) is 13.4 Å². The molecular formula is C25H22FN3O4S. The summed E-state index contributed by atoms with van der Waals surface area (Å²) in [5, 5.41) is 10.7. The summed E-state index contributed by atoms with van der Waals surface area (Å²) in [5.41, 5.74) is 3.16. The van der Waals surface area contributed by atoms with Crippen LogP contribution >= 0.6 is 0 Å². The summed E-state index contributed by atoms with van der Waals surface area (Å²) >= 11 is 0. The normalized spacial score (nSPS) is 11.7. The molecule has 1 aromatic heterocycles. The van der Waals surface area contributed by atoms with Crippen molar-refractivity contribution >= 4 is 38.8 Å². The van der Waals surface area contributed by atoms with Gasteiger partial charge in [-0.1, -0.05) is 30.3 Å². The number of hydrogen-bond acceptors (Lipinski definition) is 5. The molecule has 2 N–H and O–H groups in total. The standard InChI is InChI=1S/C25H22FN3O4S/c1-33-24-20(25(30)27-15-17-5-10-19(11-6-17)34(2,31)32)12-14-22-23(24)21(28-29-22)13-7-16-3-8-18(26)9-4-16/h3-14H,15H2,1-2H3,(H,27,30)(H,28,29). The molecule has 0 aliphatic rings. The maximum Gasteiger partial charge on any atom is 0.255 e. The number of hydrogen-bond donors (Lipinski definition) is 2. The molecular weight excluding hydrogens is 457 g/mol. The molecule has 1 amide bonds. The molecule has 3 aromatic carbocycles. The fraction of sp³-hybridized carbons (Fsp3) is 0.120. The maximum absolute atomic E-state index is 13.1. The van der Waals surface area contributed by atoms with Gasteiger partial charge in [0.1, 0.15) is 11.6 Å². The number of aromatic nitrogens is 2. The summed E-state index contributed by atoms with van der Waals surface area (Å²) in [7, 11) is -1.80. The second-order valence-electron chi connectivity index (χ2n) is 7.66. The zero-order valence-electron chi connectivity index (χ0n) is 18.5. The van der Waals surface area contributed by atoms with Crippen molar-refractivity contribution in [3.05, 3.63) is 88.9 Å². The van der Waals surface area contributed by atoms with Gasteiger partial charge in [0, 0.05) is 12.8 Å². The van der Waals surface area contributed by atoms with Crippen LogP contribution < -0.4 is 10.1 Å². The highest BCUT2D eigenvalue weighted by molar-refractivity contribution is 7.90. The van der Waals surface area contributed by atoms with Crippen LogP contribution in [0.25, 0.3) is 23.1 Å². The number of benzene rings is 3. The molecule has 0 unspecified atom stereocenters. The Balaban J connectivity index is 1.58. The number of sulfone groups is 1. The largest absolute Gasteiger partial charge is 0.495 e. The minimum absolute atomic E-state index is 0.215. The first-order chi connectivity index (χ1) is 16.3. The summed E-state index contributed by atoms with van der Waals surface area (Å²) in [4.78, 5) is 13.2. The van der Waals surface area contributed by atoms with Crippen LogP contribution in [0.2, 0.25) is 0 Å². The fourth-order valence-electron chi connectivity index (χ4n) is 3.50. The average Bonchev–Trinajstić information content (AvgIpc) is 3.24. The summed E-state index contributed by atoms with van der Waals surface area (Å²) in [6, 6.07) is 15.8. The van der Waals surface area contributed by atoms with E-state index in [0.717, 1.165) is 17.4 Å². The first kappa shape index (κ1) is 23.2. The van der Waals surface area contributed by atoms with Gasteiger partial charge in [-0.15, -0.1) is 0 Å². The first-order valence-electron chi connectivity index (χ1n) is 10.3. The van der Waals surface area contributed by atoms with Crippen molar-refractivity contribution in [2.24, 2.45) is 0 Å². The van der Waals surface area contributed by atoms with Crippen molar-refractivity contribution in [2.45, 2.75) is 11.4 Å². The molecule has 0 saturated carbocycles. The van der Waals surface area contributed by atoms with E-state index in [1.807, 2.05) is 0 Å². The molecule has 1 heterocycles. The molecule has 0 aliphatic heterocycles. The van der Waals surface area contributed by atoms with Crippen LogP contribution in [0.4, 0.5) is 4.39 Å². The number of aromatic amines is 1. The Hall–Kier alpha value is -3.98. The Morgan fingerprint density at radius 3 is 2.41 bits per heavy atom. The highest BCUT2D eigenvalue weighted by atomic mass is 32.2. The van der Waals surface area contributed by atoms with E-state index in [-0.39, 0.29) is 23.2 Å². The number of methoxy groups -OCH3 is 1. The number of carbonyl (C=O) groups excluding carboxylic acids is 1. The molecule has 0 radical (unpaired) electrons. The molecule has 0 bridgehead atoms. The lowest BCUT2D eigenvalue weighted by Gasteiger charge is -2.11. The third-order valence-electron chi connectivity index (χ3n) is 5.27. The van der Waals surface area contributed by atoms with Gasteiger partial charge >= 0.3 is 0 Å². The van der Waals surface area contributed by atoms with E-state index < -0.39 is 9.84 Å². The number of rotatable bonds is 7. The topological polar surface area (TPSA) is 101 Å². The highest BCUT2D eigenvalue weighted by Crippen LogP contribution is 2.32. The number of H-pyrrole nitrogens is 1. The van der Waals surface area contributed by atoms with Gasteiger partial charge in [-0.2, -0.15) is 5.10 Å². The van der Waals surface area contributed by atoms with Crippen LogP contribution in [0.1, 0.15) is 27.2 Å². The Labute approximate surface area is 196 Å².